The van der Waals surface area contributed by atoms with Crippen molar-refractivity contribution in [1.82, 2.24) is 0 Å². The van der Waals surface area contributed by atoms with Crippen molar-refractivity contribution in [1.29, 1.82) is 0 Å². The van der Waals surface area contributed by atoms with Crippen LogP contribution in [0.25, 0.3) is 0 Å². The van der Waals surface area contributed by atoms with Gasteiger partial charge in [-0.2, -0.15) is 0 Å². The molecule has 2 radical (unpaired) electrons. The van der Waals surface area contributed by atoms with Crippen molar-refractivity contribution in [3.63, 3.8) is 0 Å². The van der Waals surface area contributed by atoms with Gasteiger partial charge in [0.25, 0.3) is 0 Å². The molecule has 0 spiro atoms. The molecule has 31 heavy (non-hydrogen) atoms. The Morgan fingerprint density at radius 2 is 0.935 bits per heavy atom. The number of hydrogen-bond donors (Lipinski definition) is 0. The molecule has 0 fully saturated rings. The zero-order valence-electron chi connectivity index (χ0n) is 17.5. The van der Waals surface area contributed by atoms with Gasteiger partial charge in [-0.15, -0.1) is 9.78 Å². The quantitative estimate of drug-likeness (QED) is 0.386. The molecule has 0 amide bonds. The second kappa shape index (κ2) is 11.6. The Bertz CT molecular complexity index is 780. The first-order chi connectivity index (χ1) is 14.9. The molecule has 166 valence electrons. The maximum atomic E-state index is 12.2. The fourth-order valence-electron chi connectivity index (χ4n) is 2.21. The lowest BCUT2D eigenvalue weighted by molar-refractivity contribution is -0.362. The van der Waals surface area contributed by atoms with Crippen molar-refractivity contribution >= 4 is 11.9 Å². The smallest absolute Gasteiger partial charge is 0.373 e. The summed E-state index contributed by atoms with van der Waals surface area (Å²) in [7, 11) is 5.76. The molecule has 0 aromatic heterocycles. The summed E-state index contributed by atoms with van der Waals surface area (Å²) in [6, 6.07) is 8.87. The number of benzene rings is 2. The molecule has 0 saturated carbocycles. The van der Waals surface area contributed by atoms with Crippen LogP contribution in [-0.2, 0) is 19.6 Å². The van der Waals surface area contributed by atoms with E-state index in [4.69, 9.17) is 38.5 Å². The number of carbonyl (C=O) groups is 2. The molecule has 0 N–H and O–H groups in total. The average molecular weight is 434 g/mol. The highest BCUT2D eigenvalue weighted by Gasteiger charge is 2.21. The van der Waals surface area contributed by atoms with E-state index in [1.54, 1.807) is 12.1 Å². The summed E-state index contributed by atoms with van der Waals surface area (Å²) in [5.74, 6) is -0.206. The van der Waals surface area contributed by atoms with Gasteiger partial charge in [0.05, 0.1) is 39.6 Å². The van der Waals surface area contributed by atoms with Crippen LogP contribution in [0, 0.1) is 13.2 Å². The fraction of sp³-hybridized carbons (Fsp3) is 0.238. The predicted molar refractivity (Wildman–Crippen MR) is 105 cm³/mol. The molecule has 0 aliphatic carbocycles. The minimum atomic E-state index is -0.865. The molecule has 0 saturated heterocycles. The molecule has 10 nitrogen and oxygen atoms in total. The molecule has 0 aliphatic heterocycles. The lowest BCUT2D eigenvalue weighted by Gasteiger charge is -2.13. The van der Waals surface area contributed by atoms with Gasteiger partial charge in [0.15, 0.2) is 0 Å². The SMILES string of the molecule is [CH2]C[C](OOC(=O)c1cc(OC)cc(OC)c1)OOC(=O)c1cc(OC)cc(OC)c1. The van der Waals surface area contributed by atoms with Gasteiger partial charge in [0.1, 0.15) is 23.0 Å². The Hall–Kier alpha value is -3.50. The molecule has 2 rings (SSSR count). The third-order valence-electron chi connectivity index (χ3n) is 3.80. The highest BCUT2D eigenvalue weighted by atomic mass is 17.3. The van der Waals surface area contributed by atoms with E-state index >= 15 is 0 Å². The normalized spacial score (nSPS) is 10.4. The van der Waals surface area contributed by atoms with Crippen molar-refractivity contribution < 1.29 is 48.1 Å². The van der Waals surface area contributed by atoms with E-state index in [1.165, 1.54) is 52.7 Å². The van der Waals surface area contributed by atoms with Gasteiger partial charge in [-0.05, 0) is 31.2 Å². The minimum absolute atomic E-state index is 0.0973. The van der Waals surface area contributed by atoms with Gasteiger partial charge in [-0.1, -0.05) is 0 Å². The van der Waals surface area contributed by atoms with Crippen LogP contribution in [0.15, 0.2) is 36.4 Å². The zero-order chi connectivity index (χ0) is 22.8. The summed E-state index contributed by atoms with van der Waals surface area (Å²) in [6.45, 7) is 3.55. The molecule has 10 heteroatoms. The number of methoxy groups -OCH3 is 4. The van der Waals surface area contributed by atoms with Gasteiger partial charge >= 0.3 is 18.2 Å². The van der Waals surface area contributed by atoms with Crippen molar-refractivity contribution in [2.45, 2.75) is 6.42 Å². The van der Waals surface area contributed by atoms with Crippen LogP contribution in [0.2, 0.25) is 0 Å². The van der Waals surface area contributed by atoms with E-state index in [1.807, 2.05) is 0 Å². The number of rotatable bonds is 11. The fourth-order valence-corrected chi connectivity index (χ4v) is 2.21. The summed E-state index contributed by atoms with van der Waals surface area (Å²) >= 11 is 0. The lowest BCUT2D eigenvalue weighted by atomic mass is 10.2. The van der Waals surface area contributed by atoms with Crippen LogP contribution in [0.3, 0.4) is 0 Å². The van der Waals surface area contributed by atoms with Crippen LogP contribution in [0.4, 0.5) is 0 Å². The maximum Gasteiger partial charge on any atom is 0.373 e. The molecule has 2 aromatic rings. The van der Waals surface area contributed by atoms with Gasteiger partial charge in [0, 0.05) is 18.6 Å². The topological polar surface area (TPSA) is 108 Å². The van der Waals surface area contributed by atoms with Crippen LogP contribution < -0.4 is 18.9 Å². The van der Waals surface area contributed by atoms with E-state index < -0.39 is 11.9 Å². The second-order valence-corrected chi connectivity index (χ2v) is 5.73. The highest BCUT2D eigenvalue weighted by Crippen LogP contribution is 2.25. The van der Waals surface area contributed by atoms with E-state index in [2.05, 4.69) is 6.92 Å². The van der Waals surface area contributed by atoms with Crippen molar-refractivity contribution in [2.75, 3.05) is 28.4 Å². The van der Waals surface area contributed by atoms with E-state index in [9.17, 15) is 9.59 Å². The Kier molecular flexibility index (Phi) is 8.92. The van der Waals surface area contributed by atoms with Crippen molar-refractivity contribution in [3.05, 3.63) is 60.7 Å². The Morgan fingerprint density at radius 1 is 0.613 bits per heavy atom. The van der Waals surface area contributed by atoms with Crippen LogP contribution in [0.1, 0.15) is 27.1 Å². The summed E-state index contributed by atoms with van der Waals surface area (Å²) < 4.78 is 20.4. The first-order valence-electron chi connectivity index (χ1n) is 8.83. The Morgan fingerprint density at radius 3 is 1.19 bits per heavy atom. The van der Waals surface area contributed by atoms with Gasteiger partial charge in [-0.3, -0.25) is 9.78 Å². The third-order valence-corrected chi connectivity index (χ3v) is 3.80. The second-order valence-electron chi connectivity index (χ2n) is 5.73. The van der Waals surface area contributed by atoms with Crippen LogP contribution in [0.5, 0.6) is 23.0 Å². The van der Waals surface area contributed by atoms with E-state index in [0.717, 1.165) is 0 Å². The number of ether oxygens (including phenoxy) is 4. The number of carbonyl (C=O) groups excluding carboxylic acids is 2. The van der Waals surface area contributed by atoms with Gasteiger partial charge in [0.2, 0.25) is 0 Å². The monoisotopic (exact) mass is 434 g/mol. The Labute approximate surface area is 179 Å². The van der Waals surface area contributed by atoms with E-state index in [-0.39, 0.29) is 23.8 Å². The summed E-state index contributed by atoms with van der Waals surface area (Å²) in [6.07, 6.45) is -0.491. The standard InChI is InChI=1S/C21H22O10/c1-6-19(28-30-20(22)13-7-15(24-2)11-16(8-13)25-3)29-31-21(23)14-9-17(26-4)12-18(10-14)27-5/h7-12H,1,6H2,2-5H3. The van der Waals surface area contributed by atoms with Gasteiger partial charge < -0.3 is 18.9 Å². The molecule has 0 heterocycles. The van der Waals surface area contributed by atoms with Crippen LogP contribution >= 0.6 is 0 Å². The third kappa shape index (κ3) is 6.76. The van der Waals surface area contributed by atoms with Crippen molar-refractivity contribution in [3.8, 4) is 23.0 Å². The zero-order valence-corrected chi connectivity index (χ0v) is 17.5. The maximum absolute atomic E-state index is 12.2. The number of hydrogen-bond acceptors (Lipinski definition) is 10. The molecule has 2 aromatic carbocycles. The molecule has 0 aliphatic rings. The molecular formula is C21H22O10. The van der Waals surface area contributed by atoms with E-state index in [0.29, 0.717) is 23.0 Å². The first kappa shape index (κ1) is 23.8. The summed E-state index contributed by atoms with van der Waals surface area (Å²) in [5.41, 5.74) is 0.195. The summed E-state index contributed by atoms with van der Waals surface area (Å²) in [5, 5.41) is 0. The average Bonchev–Trinajstić information content (AvgIpc) is 2.82. The predicted octanol–water partition coefficient (Wildman–Crippen LogP) is 3.31. The van der Waals surface area contributed by atoms with Crippen molar-refractivity contribution in [2.24, 2.45) is 0 Å². The van der Waals surface area contributed by atoms with Crippen LogP contribution in [-0.4, -0.2) is 40.4 Å². The largest absolute Gasteiger partial charge is 0.497 e. The molecule has 0 unspecified atom stereocenters. The molecular weight excluding hydrogens is 412 g/mol. The molecule has 0 bridgehead atoms. The Balaban J connectivity index is 1.95. The first-order valence-corrected chi connectivity index (χ1v) is 8.83. The molecule has 0 atom stereocenters. The summed E-state index contributed by atoms with van der Waals surface area (Å²) in [4.78, 5) is 43.5. The lowest BCUT2D eigenvalue weighted by Crippen LogP contribution is -2.15. The van der Waals surface area contributed by atoms with Gasteiger partial charge in [-0.25, -0.2) is 9.59 Å². The highest BCUT2D eigenvalue weighted by molar-refractivity contribution is 5.90. The minimum Gasteiger partial charge on any atom is -0.497 e.